The molecule has 0 amide bonds. The quantitative estimate of drug-likeness (QED) is 0.867. The summed E-state index contributed by atoms with van der Waals surface area (Å²) in [4.78, 5) is 3.38. The summed E-state index contributed by atoms with van der Waals surface area (Å²) in [5, 5.41) is 11.8. The molecule has 1 atom stereocenters. The molecular formula is C15H23N2O3+. The number of hydroxylamine groups is 2. The molecular weight excluding hydrogens is 256 g/mol. The summed E-state index contributed by atoms with van der Waals surface area (Å²) in [7, 11) is 3.21. The fraction of sp³-hybridized carbons (Fsp3) is 0.533. The van der Waals surface area contributed by atoms with E-state index in [0.29, 0.717) is 11.5 Å². The molecule has 5 nitrogen and oxygen atoms in total. The standard InChI is InChI=1S/C15H22N2O3/c1-6-13-15(2,3)17(18)14(16-13)10-7-8-11(19-4)12(9-10)20-5/h7-9,14,18H,6H2,1-5H3/p+1/t14-/m0/s1. The van der Waals surface area contributed by atoms with Gasteiger partial charge in [-0.05, 0) is 32.0 Å². The second-order valence-corrected chi connectivity index (χ2v) is 5.40. The maximum atomic E-state index is 10.4. The minimum atomic E-state index is -0.396. The molecule has 1 heterocycles. The second-order valence-electron chi connectivity index (χ2n) is 5.40. The molecule has 110 valence electrons. The number of ether oxygens (including phenoxy) is 2. The van der Waals surface area contributed by atoms with Gasteiger partial charge in [-0.15, -0.1) is 5.06 Å². The molecule has 0 saturated carbocycles. The van der Waals surface area contributed by atoms with Gasteiger partial charge in [-0.1, -0.05) is 6.92 Å². The van der Waals surface area contributed by atoms with Crippen molar-refractivity contribution in [2.45, 2.75) is 38.9 Å². The van der Waals surface area contributed by atoms with Crippen LogP contribution >= 0.6 is 0 Å². The Labute approximate surface area is 119 Å². The Bertz CT molecular complexity index is 526. The Morgan fingerprint density at radius 3 is 2.40 bits per heavy atom. The smallest absolute Gasteiger partial charge is 0.256 e. The molecule has 0 radical (unpaired) electrons. The highest BCUT2D eigenvalue weighted by Gasteiger charge is 2.48. The lowest BCUT2D eigenvalue weighted by Crippen LogP contribution is -2.72. The van der Waals surface area contributed by atoms with Crippen LogP contribution in [0.3, 0.4) is 0 Å². The maximum Gasteiger partial charge on any atom is 0.256 e. The van der Waals surface area contributed by atoms with Crippen molar-refractivity contribution in [1.82, 2.24) is 5.06 Å². The summed E-state index contributed by atoms with van der Waals surface area (Å²) in [5.74, 6) is 1.33. The molecule has 20 heavy (non-hydrogen) atoms. The molecule has 0 fully saturated rings. The van der Waals surface area contributed by atoms with Gasteiger partial charge in [-0.3, -0.25) is 0 Å². The Balaban J connectivity index is 2.40. The van der Waals surface area contributed by atoms with Crippen LogP contribution in [0.25, 0.3) is 0 Å². The first-order valence-corrected chi connectivity index (χ1v) is 6.78. The van der Waals surface area contributed by atoms with Crippen LogP contribution in [-0.2, 0) is 0 Å². The van der Waals surface area contributed by atoms with Crippen molar-refractivity contribution in [1.29, 1.82) is 0 Å². The zero-order valence-electron chi connectivity index (χ0n) is 12.7. The van der Waals surface area contributed by atoms with E-state index >= 15 is 0 Å². The molecule has 0 spiro atoms. The van der Waals surface area contributed by atoms with Gasteiger partial charge in [0.2, 0.25) is 0 Å². The SMILES string of the molecule is CCC1=[NH+][C@H](c2ccc(OC)c(OC)c2)N(O)C1(C)C. The minimum absolute atomic E-state index is 0.278. The van der Waals surface area contributed by atoms with Crippen molar-refractivity contribution in [2.24, 2.45) is 0 Å². The number of methoxy groups -OCH3 is 2. The van der Waals surface area contributed by atoms with Crippen LogP contribution in [-0.4, -0.2) is 35.7 Å². The van der Waals surface area contributed by atoms with E-state index in [1.807, 2.05) is 32.0 Å². The van der Waals surface area contributed by atoms with Gasteiger partial charge in [0.05, 0.1) is 14.2 Å². The zero-order valence-corrected chi connectivity index (χ0v) is 12.7. The average molecular weight is 279 g/mol. The summed E-state index contributed by atoms with van der Waals surface area (Å²) in [6, 6.07) is 5.66. The number of rotatable bonds is 4. The van der Waals surface area contributed by atoms with Crippen LogP contribution in [0, 0.1) is 0 Å². The Morgan fingerprint density at radius 2 is 1.90 bits per heavy atom. The topological polar surface area (TPSA) is 55.9 Å². The highest BCUT2D eigenvalue weighted by Crippen LogP contribution is 2.32. The van der Waals surface area contributed by atoms with Crippen molar-refractivity contribution in [3.05, 3.63) is 23.8 Å². The number of hydrogen-bond donors (Lipinski definition) is 2. The van der Waals surface area contributed by atoms with Gasteiger partial charge in [0.25, 0.3) is 6.17 Å². The molecule has 0 unspecified atom stereocenters. The Kier molecular flexibility index (Phi) is 4.01. The van der Waals surface area contributed by atoms with Crippen molar-refractivity contribution in [3.63, 3.8) is 0 Å². The lowest BCUT2D eigenvalue weighted by atomic mass is 9.97. The van der Waals surface area contributed by atoms with E-state index in [1.165, 1.54) is 5.06 Å². The molecule has 1 aromatic rings. The predicted molar refractivity (Wildman–Crippen MR) is 76.3 cm³/mol. The van der Waals surface area contributed by atoms with E-state index in [2.05, 4.69) is 11.9 Å². The molecule has 0 bridgehead atoms. The Morgan fingerprint density at radius 1 is 1.25 bits per heavy atom. The molecule has 0 aliphatic carbocycles. The van der Waals surface area contributed by atoms with Crippen molar-refractivity contribution in [2.75, 3.05) is 14.2 Å². The summed E-state index contributed by atoms with van der Waals surface area (Å²) in [6.45, 7) is 6.08. The number of nitrogens with zero attached hydrogens (tertiary/aromatic N) is 1. The molecule has 5 heteroatoms. The van der Waals surface area contributed by atoms with Gasteiger partial charge in [0.15, 0.2) is 17.2 Å². The second kappa shape index (κ2) is 5.42. The zero-order chi connectivity index (χ0) is 14.9. The molecule has 2 rings (SSSR count). The first kappa shape index (κ1) is 14.8. The molecule has 0 aromatic heterocycles. The predicted octanol–water partition coefficient (Wildman–Crippen LogP) is 1.12. The highest BCUT2D eigenvalue weighted by atomic mass is 16.5. The van der Waals surface area contributed by atoms with Crippen molar-refractivity contribution < 1.29 is 19.7 Å². The van der Waals surface area contributed by atoms with Crippen LogP contribution in [0.5, 0.6) is 11.5 Å². The van der Waals surface area contributed by atoms with Crippen LogP contribution in [0.4, 0.5) is 0 Å². The van der Waals surface area contributed by atoms with Gasteiger partial charge in [-0.25, -0.2) is 4.99 Å². The summed E-state index contributed by atoms with van der Waals surface area (Å²) in [6.07, 6.45) is 0.591. The average Bonchev–Trinajstić information content (AvgIpc) is 2.69. The number of hydrogen-bond acceptors (Lipinski definition) is 4. The minimum Gasteiger partial charge on any atom is -0.493 e. The van der Waals surface area contributed by atoms with Gasteiger partial charge in [0, 0.05) is 12.0 Å². The van der Waals surface area contributed by atoms with Crippen molar-refractivity contribution in [3.8, 4) is 11.5 Å². The third kappa shape index (κ3) is 2.27. The number of nitrogens with one attached hydrogen (secondary N) is 1. The summed E-state index contributed by atoms with van der Waals surface area (Å²) < 4.78 is 10.6. The van der Waals surface area contributed by atoms with Gasteiger partial charge >= 0.3 is 0 Å². The third-order valence-electron chi connectivity index (χ3n) is 3.94. The largest absolute Gasteiger partial charge is 0.493 e. The fourth-order valence-electron chi connectivity index (χ4n) is 2.65. The molecule has 1 aliphatic heterocycles. The van der Waals surface area contributed by atoms with Gasteiger partial charge in [-0.2, -0.15) is 0 Å². The van der Waals surface area contributed by atoms with Crippen molar-refractivity contribution >= 4 is 5.71 Å². The lowest BCUT2D eigenvalue weighted by molar-refractivity contribution is -0.549. The van der Waals surface area contributed by atoms with Gasteiger partial charge in [0.1, 0.15) is 5.54 Å². The summed E-state index contributed by atoms with van der Waals surface area (Å²) >= 11 is 0. The summed E-state index contributed by atoms with van der Waals surface area (Å²) in [5.41, 5.74) is 1.65. The van der Waals surface area contributed by atoms with E-state index in [9.17, 15) is 5.21 Å². The highest BCUT2D eigenvalue weighted by molar-refractivity contribution is 5.88. The van der Waals surface area contributed by atoms with Gasteiger partial charge < -0.3 is 14.7 Å². The maximum absolute atomic E-state index is 10.4. The molecule has 2 N–H and O–H groups in total. The monoisotopic (exact) mass is 279 g/mol. The van der Waals surface area contributed by atoms with E-state index in [0.717, 1.165) is 17.7 Å². The first-order valence-electron chi connectivity index (χ1n) is 6.78. The van der Waals surface area contributed by atoms with E-state index < -0.39 is 5.54 Å². The van der Waals surface area contributed by atoms with Crippen LogP contribution in [0.15, 0.2) is 18.2 Å². The Hall–Kier alpha value is -1.59. The normalized spacial score (nSPS) is 21.7. The van der Waals surface area contributed by atoms with Crippen LogP contribution in [0.1, 0.15) is 38.9 Å². The van der Waals surface area contributed by atoms with Crippen LogP contribution < -0.4 is 14.5 Å². The fourth-order valence-corrected chi connectivity index (χ4v) is 2.65. The molecule has 1 aliphatic rings. The lowest BCUT2D eigenvalue weighted by Gasteiger charge is -2.25. The molecule has 0 saturated heterocycles. The third-order valence-corrected chi connectivity index (χ3v) is 3.94. The number of benzene rings is 1. The molecule has 1 aromatic carbocycles. The van der Waals surface area contributed by atoms with E-state index in [1.54, 1.807) is 14.2 Å². The van der Waals surface area contributed by atoms with E-state index in [4.69, 9.17) is 9.47 Å². The van der Waals surface area contributed by atoms with E-state index in [-0.39, 0.29) is 6.17 Å². The first-order chi connectivity index (χ1) is 9.45. The van der Waals surface area contributed by atoms with Crippen LogP contribution in [0.2, 0.25) is 0 Å².